The van der Waals surface area contributed by atoms with Gasteiger partial charge in [0.05, 0.1) is 0 Å². The number of Topliss-reactive ketones (excluding diaryl/α,β-unsaturated/α-hetero) is 1. The van der Waals surface area contributed by atoms with Crippen LogP contribution >= 0.6 is 0 Å². The third-order valence-electron chi connectivity index (χ3n) is 2.69. The van der Waals surface area contributed by atoms with Gasteiger partial charge in [-0.25, -0.2) is 0 Å². The van der Waals surface area contributed by atoms with Gasteiger partial charge in [-0.05, 0) is 0 Å². The molecule has 0 bridgehead atoms. The lowest BCUT2D eigenvalue weighted by Crippen LogP contribution is -2.08. The smallest absolute Gasteiger partial charge is 0.392 e. The third-order valence-corrected chi connectivity index (χ3v) is 2.69. The van der Waals surface area contributed by atoms with Gasteiger partial charge in [-0.3, -0.25) is 4.79 Å². The fourth-order valence-corrected chi connectivity index (χ4v) is 1.70. The van der Waals surface area contributed by atoms with Crippen molar-refractivity contribution in [2.75, 3.05) is 6.61 Å². The highest BCUT2D eigenvalue weighted by Crippen LogP contribution is 2.16. The van der Waals surface area contributed by atoms with Crippen molar-refractivity contribution >= 4 is 11.5 Å². The monoisotopic (exact) mass is 265 g/mol. The number of ether oxygens (including phenoxy) is 1. The van der Waals surface area contributed by atoms with Crippen LogP contribution in [-0.4, -0.2) is 12.4 Å². The summed E-state index contributed by atoms with van der Waals surface area (Å²) < 4.78 is 5.44. The number of hydrogen-bond donors (Lipinski definition) is 0. The maximum absolute atomic E-state index is 11.9. The Kier molecular flexibility index (Phi) is 4.63. The van der Waals surface area contributed by atoms with E-state index >= 15 is 0 Å². The van der Waals surface area contributed by atoms with Crippen molar-refractivity contribution in [3.8, 4) is 0 Å². The second-order valence-electron chi connectivity index (χ2n) is 4.05. The predicted octanol–water partition coefficient (Wildman–Crippen LogP) is 3.74. The van der Waals surface area contributed by atoms with Crippen molar-refractivity contribution in [1.29, 1.82) is 5.39 Å². The van der Waals surface area contributed by atoms with E-state index in [1.807, 2.05) is 36.4 Å². The van der Waals surface area contributed by atoms with Crippen LogP contribution in [0.3, 0.4) is 0 Å². The van der Waals surface area contributed by atoms with Crippen LogP contribution in [0.15, 0.2) is 66.9 Å². The first-order valence-corrected chi connectivity index (χ1v) is 6.12. The van der Waals surface area contributed by atoms with Crippen molar-refractivity contribution in [1.82, 2.24) is 0 Å². The number of ketones is 1. The molecule has 0 saturated carbocycles. The van der Waals surface area contributed by atoms with E-state index in [0.717, 1.165) is 5.56 Å². The minimum absolute atomic E-state index is 0.111. The maximum Gasteiger partial charge on any atom is 0.392 e. The van der Waals surface area contributed by atoms with Gasteiger partial charge in [0, 0.05) is 11.1 Å². The van der Waals surface area contributed by atoms with Crippen molar-refractivity contribution in [3.63, 3.8) is 0 Å². The van der Waals surface area contributed by atoms with E-state index in [2.05, 4.69) is 4.98 Å². The SMILES string of the molecule is N#[N+]/C=C(/OCC(=O)c1ccccc1)c1ccccc1. The second kappa shape index (κ2) is 6.86. The molecule has 2 aromatic rings. The summed E-state index contributed by atoms with van der Waals surface area (Å²) in [4.78, 5) is 14.9. The highest BCUT2D eigenvalue weighted by atomic mass is 16.5. The Hall–Kier alpha value is -2.93. The van der Waals surface area contributed by atoms with E-state index in [9.17, 15) is 4.79 Å². The molecule has 0 atom stereocenters. The lowest BCUT2D eigenvalue weighted by molar-refractivity contribution is 0.0901. The number of carbonyl (C=O) groups is 1. The van der Waals surface area contributed by atoms with Gasteiger partial charge in [-0.1, -0.05) is 60.7 Å². The van der Waals surface area contributed by atoms with E-state index in [0.29, 0.717) is 11.3 Å². The van der Waals surface area contributed by atoms with Crippen LogP contribution in [0, 0.1) is 5.39 Å². The third kappa shape index (κ3) is 3.53. The van der Waals surface area contributed by atoms with Crippen molar-refractivity contribution in [2.24, 2.45) is 0 Å². The summed E-state index contributed by atoms with van der Waals surface area (Å²) in [6.45, 7) is -0.111. The number of hydrogen-bond acceptors (Lipinski definition) is 3. The minimum Gasteiger partial charge on any atom is -0.478 e. The molecule has 98 valence electrons. The molecule has 0 N–H and O–H groups in total. The second-order valence-corrected chi connectivity index (χ2v) is 4.05. The highest BCUT2D eigenvalue weighted by molar-refractivity contribution is 5.97. The predicted molar refractivity (Wildman–Crippen MR) is 76.2 cm³/mol. The molecule has 0 aromatic heterocycles. The fraction of sp³-hybridized carbons (Fsp3) is 0.0625. The molecule has 0 saturated heterocycles. The molecule has 0 aliphatic rings. The molecule has 0 aliphatic carbocycles. The van der Waals surface area contributed by atoms with Crippen LogP contribution < -0.4 is 0 Å². The topological polar surface area (TPSA) is 54.4 Å². The number of rotatable bonds is 5. The Morgan fingerprint density at radius 3 is 2.10 bits per heavy atom. The van der Waals surface area contributed by atoms with Crippen LogP contribution in [0.5, 0.6) is 0 Å². The van der Waals surface area contributed by atoms with Crippen LogP contribution in [0.25, 0.3) is 10.7 Å². The molecule has 4 nitrogen and oxygen atoms in total. The largest absolute Gasteiger partial charge is 0.478 e. The van der Waals surface area contributed by atoms with E-state index < -0.39 is 0 Å². The summed E-state index contributed by atoms with van der Waals surface area (Å²) in [5.74, 6) is 0.211. The Balaban J connectivity index is 2.07. The molecule has 2 rings (SSSR count). The first-order chi connectivity index (χ1) is 9.81. The summed E-state index contributed by atoms with van der Waals surface area (Å²) in [6, 6.07) is 18.1. The number of diazo groups is 1. The van der Waals surface area contributed by atoms with E-state index in [1.165, 1.54) is 6.20 Å². The van der Waals surface area contributed by atoms with Gasteiger partial charge in [0.25, 0.3) is 0 Å². The average molecular weight is 265 g/mol. The minimum atomic E-state index is -0.134. The van der Waals surface area contributed by atoms with Crippen LogP contribution in [0.4, 0.5) is 0 Å². The first-order valence-electron chi connectivity index (χ1n) is 6.12. The van der Waals surface area contributed by atoms with Crippen molar-refractivity contribution in [2.45, 2.75) is 0 Å². The first kappa shape index (κ1) is 13.5. The molecule has 0 spiro atoms. The summed E-state index contributed by atoms with van der Waals surface area (Å²) >= 11 is 0. The zero-order valence-corrected chi connectivity index (χ0v) is 10.8. The maximum atomic E-state index is 11.9. The Morgan fingerprint density at radius 2 is 1.55 bits per heavy atom. The fourth-order valence-electron chi connectivity index (χ4n) is 1.70. The van der Waals surface area contributed by atoms with Gasteiger partial charge in [-0.15, -0.1) is 0 Å². The van der Waals surface area contributed by atoms with Gasteiger partial charge in [0.15, 0.2) is 17.4 Å². The lowest BCUT2D eigenvalue weighted by Gasteiger charge is -2.06. The number of nitrogens with zero attached hydrogens (tertiary/aromatic N) is 2. The van der Waals surface area contributed by atoms with E-state index in [4.69, 9.17) is 10.1 Å². The Morgan fingerprint density at radius 1 is 1.00 bits per heavy atom. The van der Waals surface area contributed by atoms with Gasteiger partial charge in [0.2, 0.25) is 11.2 Å². The van der Waals surface area contributed by atoms with Gasteiger partial charge >= 0.3 is 6.20 Å². The zero-order valence-electron chi connectivity index (χ0n) is 10.8. The van der Waals surface area contributed by atoms with Gasteiger partial charge in [0.1, 0.15) is 0 Å². The van der Waals surface area contributed by atoms with Crippen molar-refractivity contribution in [3.05, 3.63) is 83.0 Å². The standard InChI is InChI=1S/C16H13N2O2/c17-18-11-16(14-9-5-2-6-10-14)20-12-15(19)13-7-3-1-4-8-13/h1-11H,12H2/q+1/b16-11+. The van der Waals surface area contributed by atoms with Crippen molar-refractivity contribution < 1.29 is 9.53 Å². The highest BCUT2D eigenvalue weighted by Gasteiger charge is 2.12. The molecule has 0 radical (unpaired) electrons. The normalized spacial score (nSPS) is 10.7. The van der Waals surface area contributed by atoms with Crippen LogP contribution in [0.1, 0.15) is 15.9 Å². The van der Waals surface area contributed by atoms with Crippen LogP contribution in [-0.2, 0) is 4.74 Å². The molecule has 4 heteroatoms. The summed E-state index contributed by atoms with van der Waals surface area (Å²) in [5, 5.41) is 8.66. The molecule has 2 aromatic carbocycles. The molecule has 0 fully saturated rings. The molecular formula is C16H13N2O2+. The summed E-state index contributed by atoms with van der Waals surface area (Å²) in [6.07, 6.45) is 1.17. The lowest BCUT2D eigenvalue weighted by atomic mass is 10.1. The number of carbonyl (C=O) groups excluding carboxylic acids is 1. The van der Waals surface area contributed by atoms with Gasteiger partial charge < -0.3 is 4.74 Å². The Bertz CT molecular complexity index is 643. The molecular weight excluding hydrogens is 252 g/mol. The summed E-state index contributed by atoms with van der Waals surface area (Å²) in [5.41, 5.74) is 1.33. The molecule has 0 amide bonds. The number of benzene rings is 2. The average Bonchev–Trinajstić information content (AvgIpc) is 2.53. The molecule has 0 aliphatic heterocycles. The zero-order chi connectivity index (χ0) is 14.2. The van der Waals surface area contributed by atoms with E-state index in [-0.39, 0.29) is 12.4 Å². The van der Waals surface area contributed by atoms with Crippen LogP contribution in [0.2, 0.25) is 0 Å². The van der Waals surface area contributed by atoms with Gasteiger partial charge in [-0.2, -0.15) is 0 Å². The summed E-state index contributed by atoms with van der Waals surface area (Å²) in [7, 11) is 0. The molecule has 0 heterocycles. The molecule has 0 unspecified atom stereocenters. The molecule has 20 heavy (non-hydrogen) atoms. The quantitative estimate of drug-likeness (QED) is 0.470. The van der Waals surface area contributed by atoms with E-state index in [1.54, 1.807) is 24.3 Å². The Labute approximate surface area is 116 Å².